The van der Waals surface area contributed by atoms with Crippen molar-refractivity contribution in [3.8, 4) is 5.75 Å². The summed E-state index contributed by atoms with van der Waals surface area (Å²) in [4.78, 5) is 0. The Morgan fingerprint density at radius 3 is 2.43 bits per heavy atom. The molecule has 2 aliphatic rings. The second-order valence-corrected chi connectivity index (χ2v) is 9.07. The van der Waals surface area contributed by atoms with Crippen LogP contribution < -0.4 is 4.74 Å². The van der Waals surface area contributed by atoms with E-state index < -0.39 is 42.9 Å². The van der Waals surface area contributed by atoms with Gasteiger partial charge in [0.15, 0.2) is 0 Å². The Hall–Kier alpha value is -1.79. The fraction of sp³-hybridized carbons (Fsp3) is 0.520. The maximum atomic E-state index is 10.8. The number of hydrogen-bond acceptors (Lipinski definition) is 9. The SMILES string of the molecule is COC(c1ccc(OC2CCOC2)cc1)c1cc([C@]2(OC)O[C@H](CO)[C@@H](O)[C@H](O)[C@H]2O)ccc1Cl. The van der Waals surface area contributed by atoms with Crippen molar-refractivity contribution in [2.45, 2.75) is 48.8 Å². The van der Waals surface area contributed by atoms with Gasteiger partial charge in [0.25, 0.3) is 0 Å². The van der Waals surface area contributed by atoms with Crippen LogP contribution in [0.3, 0.4) is 0 Å². The van der Waals surface area contributed by atoms with Crippen LogP contribution in [0.5, 0.6) is 5.75 Å². The van der Waals surface area contributed by atoms with Gasteiger partial charge in [-0.1, -0.05) is 29.8 Å². The molecule has 10 heteroatoms. The normalized spacial score (nSPS) is 31.9. The minimum atomic E-state index is -1.86. The Balaban J connectivity index is 1.65. The van der Waals surface area contributed by atoms with Crippen molar-refractivity contribution in [1.29, 1.82) is 0 Å². The molecule has 2 fully saturated rings. The van der Waals surface area contributed by atoms with Crippen molar-refractivity contribution >= 4 is 11.6 Å². The van der Waals surface area contributed by atoms with Crippen LogP contribution in [-0.2, 0) is 24.7 Å². The third-order valence-electron chi connectivity index (χ3n) is 6.54. The third-order valence-corrected chi connectivity index (χ3v) is 6.89. The number of aliphatic hydroxyl groups is 4. The first kappa shape index (κ1) is 26.3. The predicted octanol–water partition coefficient (Wildman–Crippen LogP) is 1.52. The summed E-state index contributed by atoms with van der Waals surface area (Å²) in [6, 6.07) is 12.3. The molecule has 7 atom stereocenters. The molecule has 35 heavy (non-hydrogen) atoms. The lowest BCUT2D eigenvalue weighted by atomic mass is 9.86. The summed E-state index contributed by atoms with van der Waals surface area (Å²) in [7, 11) is 2.85. The van der Waals surface area contributed by atoms with Crippen molar-refractivity contribution in [1.82, 2.24) is 0 Å². The summed E-state index contributed by atoms with van der Waals surface area (Å²) in [6.07, 6.45) is -5.62. The molecule has 0 amide bonds. The molecular formula is C25H31ClO9. The Labute approximate surface area is 208 Å². The monoisotopic (exact) mass is 510 g/mol. The molecule has 2 saturated heterocycles. The smallest absolute Gasteiger partial charge is 0.224 e. The zero-order valence-electron chi connectivity index (χ0n) is 19.5. The fourth-order valence-electron chi connectivity index (χ4n) is 4.59. The van der Waals surface area contributed by atoms with E-state index >= 15 is 0 Å². The van der Waals surface area contributed by atoms with Crippen LogP contribution in [0, 0.1) is 0 Å². The van der Waals surface area contributed by atoms with E-state index in [1.54, 1.807) is 25.3 Å². The Kier molecular flexibility index (Phi) is 8.32. The van der Waals surface area contributed by atoms with Gasteiger partial charge in [-0.05, 0) is 29.8 Å². The lowest BCUT2D eigenvalue weighted by Crippen LogP contribution is -2.64. The summed E-state index contributed by atoms with van der Waals surface area (Å²) in [6.45, 7) is 0.682. The highest BCUT2D eigenvalue weighted by Gasteiger charge is 2.55. The van der Waals surface area contributed by atoms with Gasteiger partial charge in [0.05, 0.1) is 19.8 Å². The van der Waals surface area contributed by atoms with E-state index in [2.05, 4.69) is 0 Å². The van der Waals surface area contributed by atoms with E-state index in [-0.39, 0.29) is 6.10 Å². The van der Waals surface area contributed by atoms with Gasteiger partial charge in [0.1, 0.15) is 42.4 Å². The first-order valence-electron chi connectivity index (χ1n) is 11.4. The molecule has 2 aromatic carbocycles. The first-order chi connectivity index (χ1) is 16.8. The molecule has 0 bridgehead atoms. The van der Waals surface area contributed by atoms with Crippen LogP contribution in [0.1, 0.15) is 29.2 Å². The van der Waals surface area contributed by atoms with Crippen LogP contribution in [0.15, 0.2) is 42.5 Å². The van der Waals surface area contributed by atoms with E-state index in [4.69, 9.17) is 35.3 Å². The number of methoxy groups -OCH3 is 2. The predicted molar refractivity (Wildman–Crippen MR) is 125 cm³/mol. The third kappa shape index (κ3) is 5.06. The van der Waals surface area contributed by atoms with Crippen LogP contribution >= 0.6 is 11.6 Å². The van der Waals surface area contributed by atoms with E-state index in [0.717, 1.165) is 17.7 Å². The summed E-state index contributed by atoms with van der Waals surface area (Å²) >= 11 is 6.54. The standard InChI is InChI=1S/C25H31ClO9/c1-31-23(14-3-6-16(7-4-14)34-17-9-10-33-13-17)18-11-15(5-8-19(18)26)25(32-2)24(30)22(29)21(28)20(12-27)35-25/h3-8,11,17,20-24,27-30H,9-10,12-13H2,1-2H3/t17?,20-,21-,22+,23?,24-,25+/m1/s1. The molecule has 9 nitrogen and oxygen atoms in total. The van der Waals surface area contributed by atoms with E-state index in [9.17, 15) is 20.4 Å². The highest BCUT2D eigenvalue weighted by molar-refractivity contribution is 6.31. The van der Waals surface area contributed by atoms with Gasteiger partial charge < -0.3 is 44.1 Å². The Bertz CT molecular complexity index is 979. The number of benzene rings is 2. The van der Waals surface area contributed by atoms with Gasteiger partial charge in [0.2, 0.25) is 5.79 Å². The molecule has 0 saturated carbocycles. The quantitative estimate of drug-likeness (QED) is 0.418. The van der Waals surface area contributed by atoms with Crippen LogP contribution in [-0.4, -0.2) is 85.0 Å². The van der Waals surface area contributed by atoms with Gasteiger partial charge in [-0.25, -0.2) is 0 Å². The molecule has 0 radical (unpaired) electrons. The topological polar surface area (TPSA) is 127 Å². The van der Waals surface area contributed by atoms with Gasteiger partial charge in [-0.15, -0.1) is 0 Å². The van der Waals surface area contributed by atoms with Gasteiger partial charge in [-0.3, -0.25) is 0 Å². The van der Waals surface area contributed by atoms with Crippen molar-refractivity contribution in [3.05, 3.63) is 64.2 Å². The highest BCUT2D eigenvalue weighted by Crippen LogP contribution is 2.42. The molecule has 0 aromatic heterocycles. The summed E-state index contributed by atoms with van der Waals surface area (Å²) in [5.74, 6) is -1.14. The lowest BCUT2D eigenvalue weighted by Gasteiger charge is -2.47. The second kappa shape index (κ2) is 11.1. The number of ether oxygens (including phenoxy) is 5. The number of aliphatic hydroxyl groups excluding tert-OH is 4. The molecular weight excluding hydrogens is 480 g/mol. The maximum Gasteiger partial charge on any atom is 0.224 e. The van der Waals surface area contributed by atoms with Crippen molar-refractivity contribution < 1.29 is 44.1 Å². The van der Waals surface area contributed by atoms with Gasteiger partial charge >= 0.3 is 0 Å². The van der Waals surface area contributed by atoms with Crippen molar-refractivity contribution in [3.63, 3.8) is 0 Å². The Morgan fingerprint density at radius 2 is 1.83 bits per heavy atom. The summed E-state index contributed by atoms with van der Waals surface area (Å²) in [5, 5.41) is 41.4. The molecule has 0 spiro atoms. The van der Waals surface area contributed by atoms with E-state index in [1.807, 2.05) is 24.3 Å². The minimum Gasteiger partial charge on any atom is -0.488 e. The minimum absolute atomic E-state index is 0.0361. The molecule has 4 N–H and O–H groups in total. The number of halogens is 1. The fourth-order valence-corrected chi connectivity index (χ4v) is 4.81. The average Bonchev–Trinajstić information content (AvgIpc) is 3.39. The van der Waals surface area contributed by atoms with Gasteiger partial charge in [-0.2, -0.15) is 0 Å². The molecule has 192 valence electrons. The number of hydrogen-bond donors (Lipinski definition) is 4. The highest BCUT2D eigenvalue weighted by atomic mass is 35.5. The largest absolute Gasteiger partial charge is 0.488 e. The molecule has 0 aliphatic carbocycles. The zero-order valence-corrected chi connectivity index (χ0v) is 20.3. The van der Waals surface area contributed by atoms with Crippen molar-refractivity contribution in [2.24, 2.45) is 0 Å². The second-order valence-electron chi connectivity index (χ2n) is 8.66. The summed E-state index contributed by atoms with van der Waals surface area (Å²) in [5.41, 5.74) is 1.71. The molecule has 2 aromatic rings. The van der Waals surface area contributed by atoms with E-state index in [0.29, 0.717) is 29.4 Å². The molecule has 2 unspecified atom stereocenters. The average molecular weight is 511 g/mol. The van der Waals surface area contributed by atoms with Gasteiger partial charge in [0, 0.05) is 36.8 Å². The van der Waals surface area contributed by atoms with Crippen LogP contribution in [0.4, 0.5) is 0 Å². The van der Waals surface area contributed by atoms with Crippen LogP contribution in [0.25, 0.3) is 0 Å². The number of rotatable bonds is 8. The Morgan fingerprint density at radius 1 is 1.09 bits per heavy atom. The van der Waals surface area contributed by atoms with Crippen LogP contribution in [0.2, 0.25) is 5.02 Å². The first-order valence-corrected chi connectivity index (χ1v) is 11.8. The lowest BCUT2D eigenvalue weighted by molar-refractivity contribution is -0.366. The molecule has 2 heterocycles. The maximum absolute atomic E-state index is 10.8. The molecule has 2 aliphatic heterocycles. The summed E-state index contributed by atoms with van der Waals surface area (Å²) < 4.78 is 28.4. The van der Waals surface area contributed by atoms with Crippen molar-refractivity contribution in [2.75, 3.05) is 34.0 Å². The van der Waals surface area contributed by atoms with E-state index in [1.165, 1.54) is 7.11 Å². The molecule has 4 rings (SSSR count). The zero-order chi connectivity index (χ0) is 25.2.